The third-order valence-corrected chi connectivity index (χ3v) is 6.68. The summed E-state index contributed by atoms with van der Waals surface area (Å²) in [5.41, 5.74) is 1.73. The van der Waals surface area contributed by atoms with Gasteiger partial charge in [-0.25, -0.2) is 0 Å². The number of carbonyl (C=O) groups is 1. The highest BCUT2D eigenvalue weighted by Crippen LogP contribution is 2.40. The molecule has 0 bridgehead atoms. The van der Waals surface area contributed by atoms with E-state index < -0.39 is 0 Å². The van der Waals surface area contributed by atoms with E-state index in [0.717, 1.165) is 32.6 Å². The minimum atomic E-state index is 0.166. The third kappa shape index (κ3) is 4.57. The first kappa shape index (κ1) is 18.7. The molecule has 1 aromatic carbocycles. The van der Waals surface area contributed by atoms with Gasteiger partial charge < -0.3 is 10.0 Å². The van der Waals surface area contributed by atoms with Crippen molar-refractivity contribution in [2.75, 3.05) is 39.0 Å². The van der Waals surface area contributed by atoms with Crippen LogP contribution in [0.2, 0.25) is 0 Å². The third-order valence-electron chi connectivity index (χ3n) is 5.84. The largest absolute Gasteiger partial charge is 0.396 e. The predicted octanol–water partition coefficient (Wildman–Crippen LogP) is 3.00. The first-order chi connectivity index (χ1) is 12.2. The van der Waals surface area contributed by atoms with E-state index in [1.165, 1.54) is 23.3 Å². The Bertz CT molecular complexity index is 585. The Kier molecular flexibility index (Phi) is 6.42. The summed E-state index contributed by atoms with van der Waals surface area (Å²) in [5.74, 6) is 0.274. The smallest absolute Gasteiger partial charge is 0.222 e. The van der Waals surface area contributed by atoms with Gasteiger partial charge in [0.05, 0.1) is 0 Å². The summed E-state index contributed by atoms with van der Waals surface area (Å²) in [5, 5.41) is 9.06. The zero-order chi connectivity index (χ0) is 17.7. The molecule has 2 saturated heterocycles. The number of piperidine rings is 2. The maximum atomic E-state index is 12.1. The fourth-order valence-electron chi connectivity index (χ4n) is 4.24. The average Bonchev–Trinajstić information content (AvgIpc) is 2.65. The van der Waals surface area contributed by atoms with E-state index in [-0.39, 0.29) is 12.5 Å². The number of carbonyl (C=O) groups excluding carboxylic acids is 1. The summed E-state index contributed by atoms with van der Waals surface area (Å²) in [4.78, 5) is 18.1. The number of hydrogen-bond acceptors (Lipinski definition) is 4. The Labute approximate surface area is 155 Å². The molecule has 2 aliphatic rings. The summed E-state index contributed by atoms with van der Waals surface area (Å²) < 4.78 is 0. The van der Waals surface area contributed by atoms with Crippen molar-refractivity contribution in [3.8, 4) is 0 Å². The molecule has 2 heterocycles. The maximum absolute atomic E-state index is 12.1. The van der Waals surface area contributed by atoms with Gasteiger partial charge >= 0.3 is 0 Å². The molecule has 5 heteroatoms. The second kappa shape index (κ2) is 8.56. The minimum absolute atomic E-state index is 0.166. The summed E-state index contributed by atoms with van der Waals surface area (Å²) in [6.07, 6.45) is 6.91. The summed E-state index contributed by atoms with van der Waals surface area (Å²) >= 11 is 1.82. The number of rotatable bonds is 6. The van der Waals surface area contributed by atoms with Gasteiger partial charge in [0.1, 0.15) is 0 Å². The fraction of sp³-hybridized carbons (Fsp3) is 0.650. The van der Waals surface area contributed by atoms with Gasteiger partial charge in [-0.3, -0.25) is 9.69 Å². The molecule has 1 spiro atoms. The van der Waals surface area contributed by atoms with E-state index in [1.54, 1.807) is 0 Å². The number of hydrogen-bond donors (Lipinski definition) is 1. The molecule has 0 radical (unpaired) electrons. The standard InChI is InChI=1S/C20H30N2O2S/c1-25-18-6-3-2-5-17(18)15-21-12-9-20(10-13-21)8-7-19(24)22(16-20)11-4-14-23/h2-3,5-6,23H,4,7-16H2,1H3. The van der Waals surface area contributed by atoms with E-state index >= 15 is 0 Å². The highest BCUT2D eigenvalue weighted by Gasteiger charge is 2.40. The van der Waals surface area contributed by atoms with Crippen LogP contribution in [0, 0.1) is 5.41 Å². The van der Waals surface area contributed by atoms with Crippen molar-refractivity contribution < 1.29 is 9.90 Å². The van der Waals surface area contributed by atoms with E-state index in [4.69, 9.17) is 5.11 Å². The molecule has 138 valence electrons. The van der Waals surface area contributed by atoms with Crippen LogP contribution in [0.1, 0.15) is 37.7 Å². The molecular formula is C20H30N2O2S. The molecule has 0 atom stereocenters. The van der Waals surface area contributed by atoms with Crippen LogP contribution >= 0.6 is 11.8 Å². The van der Waals surface area contributed by atoms with Crippen LogP contribution in [0.3, 0.4) is 0 Å². The van der Waals surface area contributed by atoms with Crippen LogP contribution < -0.4 is 0 Å². The lowest BCUT2D eigenvalue weighted by Gasteiger charge is -2.47. The quantitative estimate of drug-likeness (QED) is 0.790. The number of aliphatic hydroxyl groups excluding tert-OH is 1. The van der Waals surface area contributed by atoms with Gasteiger partial charge in [-0.1, -0.05) is 18.2 Å². The Morgan fingerprint density at radius 2 is 1.96 bits per heavy atom. The molecule has 0 aromatic heterocycles. The van der Waals surface area contributed by atoms with Crippen molar-refractivity contribution in [2.45, 2.75) is 43.5 Å². The van der Waals surface area contributed by atoms with Crippen LogP contribution in [0.4, 0.5) is 0 Å². The van der Waals surface area contributed by atoms with Crippen molar-refractivity contribution in [1.82, 2.24) is 9.80 Å². The van der Waals surface area contributed by atoms with Crippen molar-refractivity contribution in [1.29, 1.82) is 0 Å². The van der Waals surface area contributed by atoms with Gasteiger partial charge in [-0.05, 0) is 62.1 Å². The van der Waals surface area contributed by atoms with Crippen LogP contribution in [0.15, 0.2) is 29.2 Å². The molecule has 1 aromatic rings. The van der Waals surface area contributed by atoms with Crippen molar-refractivity contribution in [3.63, 3.8) is 0 Å². The first-order valence-corrected chi connectivity index (χ1v) is 10.6. The number of aliphatic hydroxyl groups is 1. The number of likely N-dealkylation sites (tertiary alicyclic amines) is 2. The summed E-state index contributed by atoms with van der Waals surface area (Å²) in [6.45, 7) is 5.03. The minimum Gasteiger partial charge on any atom is -0.396 e. The van der Waals surface area contributed by atoms with Crippen LogP contribution in [0.25, 0.3) is 0 Å². The summed E-state index contributed by atoms with van der Waals surface area (Å²) in [7, 11) is 0. The first-order valence-electron chi connectivity index (χ1n) is 9.39. The van der Waals surface area contributed by atoms with Crippen molar-refractivity contribution >= 4 is 17.7 Å². The topological polar surface area (TPSA) is 43.8 Å². The maximum Gasteiger partial charge on any atom is 0.222 e. The monoisotopic (exact) mass is 362 g/mol. The zero-order valence-electron chi connectivity index (χ0n) is 15.2. The molecule has 2 aliphatic heterocycles. The molecule has 0 aliphatic carbocycles. The van der Waals surface area contributed by atoms with Gasteiger partial charge in [0, 0.05) is 37.6 Å². The van der Waals surface area contributed by atoms with Crippen molar-refractivity contribution in [2.24, 2.45) is 5.41 Å². The number of thioether (sulfide) groups is 1. The van der Waals surface area contributed by atoms with Gasteiger partial charge in [-0.2, -0.15) is 0 Å². The van der Waals surface area contributed by atoms with Crippen LogP contribution in [-0.4, -0.2) is 59.9 Å². The SMILES string of the molecule is CSc1ccccc1CN1CCC2(CCC(=O)N(CCCO)C2)CC1. The zero-order valence-corrected chi connectivity index (χ0v) is 16.1. The second-order valence-electron chi connectivity index (χ2n) is 7.48. The molecule has 25 heavy (non-hydrogen) atoms. The van der Waals surface area contributed by atoms with Gasteiger partial charge in [0.2, 0.25) is 5.91 Å². The van der Waals surface area contributed by atoms with Gasteiger partial charge in [-0.15, -0.1) is 11.8 Å². The Balaban J connectivity index is 1.56. The van der Waals surface area contributed by atoms with E-state index in [2.05, 4.69) is 35.4 Å². The molecule has 3 rings (SSSR count). The lowest BCUT2D eigenvalue weighted by molar-refractivity contribution is -0.139. The van der Waals surface area contributed by atoms with Crippen LogP contribution in [-0.2, 0) is 11.3 Å². The number of benzene rings is 1. The molecule has 2 fully saturated rings. The Hall–Kier alpha value is -1.04. The predicted molar refractivity (Wildman–Crippen MR) is 103 cm³/mol. The Morgan fingerprint density at radius 1 is 1.20 bits per heavy atom. The highest BCUT2D eigenvalue weighted by molar-refractivity contribution is 7.98. The molecule has 4 nitrogen and oxygen atoms in total. The molecule has 0 saturated carbocycles. The number of amides is 1. The van der Waals surface area contributed by atoms with Crippen molar-refractivity contribution in [3.05, 3.63) is 29.8 Å². The van der Waals surface area contributed by atoms with E-state index in [9.17, 15) is 4.79 Å². The highest BCUT2D eigenvalue weighted by atomic mass is 32.2. The van der Waals surface area contributed by atoms with E-state index in [0.29, 0.717) is 24.8 Å². The molecule has 1 amide bonds. The molecular weight excluding hydrogens is 332 g/mol. The lowest BCUT2D eigenvalue weighted by Crippen LogP contribution is -2.51. The van der Waals surface area contributed by atoms with Gasteiger partial charge in [0.25, 0.3) is 0 Å². The van der Waals surface area contributed by atoms with Gasteiger partial charge in [0.15, 0.2) is 0 Å². The number of nitrogens with zero attached hydrogens (tertiary/aromatic N) is 2. The van der Waals surface area contributed by atoms with Crippen LogP contribution in [0.5, 0.6) is 0 Å². The fourth-order valence-corrected chi connectivity index (χ4v) is 4.85. The molecule has 0 unspecified atom stereocenters. The van der Waals surface area contributed by atoms with E-state index in [1.807, 2.05) is 16.7 Å². The Morgan fingerprint density at radius 3 is 2.68 bits per heavy atom. The normalized spacial score (nSPS) is 21.0. The lowest BCUT2D eigenvalue weighted by atomic mass is 9.72. The molecule has 1 N–H and O–H groups in total. The average molecular weight is 363 g/mol. The second-order valence-corrected chi connectivity index (χ2v) is 8.33. The summed E-state index contributed by atoms with van der Waals surface area (Å²) in [6, 6.07) is 8.69.